The summed E-state index contributed by atoms with van der Waals surface area (Å²) in [5.41, 5.74) is 2.23. The summed E-state index contributed by atoms with van der Waals surface area (Å²) in [7, 11) is -4.21. The standard InChI is InChI=1S/C19H21F4N3O4S2/c1-11-9-13(20)3-4-14(11)25-7-8-26(12(2)10-25)32(29,30)16-6-5-15(31-16)18(28,17(24)27)19(21,22)23/h3-6,9,12,28H,7-8,10H2,1-2H3,(H2,24,27)/t12-,18?/m1/s1. The zero-order valence-electron chi connectivity index (χ0n) is 17.1. The highest BCUT2D eigenvalue weighted by Crippen LogP contribution is 2.43. The molecule has 0 bridgehead atoms. The number of amides is 1. The molecule has 7 nitrogen and oxygen atoms in total. The molecular weight excluding hydrogens is 474 g/mol. The van der Waals surface area contributed by atoms with Gasteiger partial charge in [-0.3, -0.25) is 4.79 Å². The molecule has 1 amide bonds. The van der Waals surface area contributed by atoms with Crippen molar-refractivity contribution in [1.82, 2.24) is 4.31 Å². The van der Waals surface area contributed by atoms with Crippen molar-refractivity contribution >= 4 is 33.0 Å². The maximum absolute atomic E-state index is 13.4. The van der Waals surface area contributed by atoms with Gasteiger partial charge < -0.3 is 15.7 Å². The predicted molar refractivity (Wildman–Crippen MR) is 110 cm³/mol. The van der Waals surface area contributed by atoms with Crippen LogP contribution in [-0.2, 0) is 20.4 Å². The normalized spacial score (nSPS) is 20.2. The lowest BCUT2D eigenvalue weighted by Crippen LogP contribution is -2.54. The molecule has 1 aromatic carbocycles. The monoisotopic (exact) mass is 495 g/mol. The summed E-state index contributed by atoms with van der Waals surface area (Å²) in [6, 6.07) is 5.38. The van der Waals surface area contributed by atoms with Crippen LogP contribution in [0, 0.1) is 12.7 Å². The number of aliphatic hydroxyl groups is 1. The van der Waals surface area contributed by atoms with Crippen LogP contribution in [0.3, 0.4) is 0 Å². The molecule has 1 aliphatic rings. The summed E-state index contributed by atoms with van der Waals surface area (Å²) in [5.74, 6) is -2.43. The maximum Gasteiger partial charge on any atom is 0.431 e. The van der Waals surface area contributed by atoms with E-state index in [1.54, 1.807) is 19.9 Å². The van der Waals surface area contributed by atoms with Gasteiger partial charge in [0, 0.05) is 31.4 Å². The summed E-state index contributed by atoms with van der Waals surface area (Å²) in [4.78, 5) is 12.3. The summed E-state index contributed by atoms with van der Waals surface area (Å²) < 4.78 is 80.2. The van der Waals surface area contributed by atoms with Crippen molar-refractivity contribution in [2.45, 2.75) is 35.9 Å². The Bertz CT molecular complexity index is 1140. The highest BCUT2D eigenvalue weighted by molar-refractivity contribution is 7.91. The second-order valence-electron chi connectivity index (χ2n) is 7.53. The van der Waals surface area contributed by atoms with Gasteiger partial charge in [-0.25, -0.2) is 12.8 Å². The zero-order chi connectivity index (χ0) is 24.1. The van der Waals surface area contributed by atoms with Crippen LogP contribution in [0.15, 0.2) is 34.5 Å². The molecule has 2 atom stereocenters. The lowest BCUT2D eigenvalue weighted by atomic mass is 10.0. The van der Waals surface area contributed by atoms with Crippen LogP contribution >= 0.6 is 11.3 Å². The van der Waals surface area contributed by atoms with E-state index >= 15 is 0 Å². The van der Waals surface area contributed by atoms with E-state index in [9.17, 15) is 35.9 Å². The van der Waals surface area contributed by atoms with Gasteiger partial charge in [0.25, 0.3) is 21.5 Å². The molecule has 2 aromatic rings. The van der Waals surface area contributed by atoms with Gasteiger partial charge in [0.05, 0.1) is 4.88 Å². The Hall–Kier alpha value is -2.22. The van der Waals surface area contributed by atoms with Crippen molar-refractivity contribution in [1.29, 1.82) is 0 Å². The van der Waals surface area contributed by atoms with Crippen molar-refractivity contribution in [3.05, 3.63) is 46.6 Å². The molecular formula is C19H21F4N3O4S2. The first-order valence-corrected chi connectivity index (χ1v) is 11.7. The SMILES string of the molecule is Cc1cc(F)ccc1N1CCN(S(=O)(=O)c2ccc(C(O)(C(N)=O)C(F)(F)F)s2)[C@H](C)C1. The number of thiophene rings is 1. The molecule has 0 aliphatic carbocycles. The molecule has 13 heteroatoms. The molecule has 1 unspecified atom stereocenters. The number of alkyl halides is 3. The van der Waals surface area contributed by atoms with Crippen LogP contribution < -0.4 is 10.6 Å². The number of benzene rings is 1. The molecule has 32 heavy (non-hydrogen) atoms. The van der Waals surface area contributed by atoms with Gasteiger partial charge in [-0.2, -0.15) is 17.5 Å². The molecule has 0 spiro atoms. The molecule has 3 rings (SSSR count). The largest absolute Gasteiger partial charge is 0.431 e. The smallest absolute Gasteiger partial charge is 0.368 e. The minimum Gasteiger partial charge on any atom is -0.368 e. The van der Waals surface area contributed by atoms with Gasteiger partial charge >= 0.3 is 6.18 Å². The van der Waals surface area contributed by atoms with Crippen LogP contribution in [0.2, 0.25) is 0 Å². The Morgan fingerprint density at radius 1 is 1.22 bits per heavy atom. The summed E-state index contributed by atoms with van der Waals surface area (Å²) >= 11 is 0.143. The van der Waals surface area contributed by atoms with Gasteiger partial charge in [0.15, 0.2) is 0 Å². The number of anilines is 1. The molecule has 1 fully saturated rings. The number of carbonyl (C=O) groups excluding carboxylic acids is 1. The fourth-order valence-electron chi connectivity index (χ4n) is 3.66. The van der Waals surface area contributed by atoms with Crippen LogP contribution in [0.1, 0.15) is 17.4 Å². The fourth-order valence-corrected chi connectivity index (χ4v) is 6.82. The van der Waals surface area contributed by atoms with Crippen molar-refractivity contribution in [3.8, 4) is 0 Å². The Morgan fingerprint density at radius 3 is 2.41 bits per heavy atom. The Kier molecular flexibility index (Phi) is 6.32. The van der Waals surface area contributed by atoms with Crippen LogP contribution in [0.25, 0.3) is 0 Å². The first-order valence-electron chi connectivity index (χ1n) is 9.42. The second-order valence-corrected chi connectivity index (χ2v) is 10.7. The Labute approximate surface area is 186 Å². The molecule has 176 valence electrons. The molecule has 1 saturated heterocycles. The lowest BCUT2D eigenvalue weighted by molar-refractivity contribution is -0.254. The van der Waals surface area contributed by atoms with Crippen molar-refractivity contribution in [3.63, 3.8) is 0 Å². The number of hydrogen-bond donors (Lipinski definition) is 2. The van der Waals surface area contributed by atoms with E-state index in [1.807, 2.05) is 4.90 Å². The van der Waals surface area contributed by atoms with Gasteiger partial charge in [-0.1, -0.05) is 0 Å². The number of halogens is 4. The van der Waals surface area contributed by atoms with Crippen molar-refractivity contribution in [2.24, 2.45) is 5.73 Å². The molecule has 1 aliphatic heterocycles. The minimum absolute atomic E-state index is 0.0346. The van der Waals surface area contributed by atoms with Crippen LogP contribution in [0.5, 0.6) is 0 Å². The van der Waals surface area contributed by atoms with Crippen LogP contribution in [-0.4, -0.2) is 55.6 Å². The molecule has 0 radical (unpaired) electrons. The summed E-state index contributed by atoms with van der Waals surface area (Å²) in [6.45, 7) is 3.97. The number of piperazine rings is 1. The zero-order valence-corrected chi connectivity index (χ0v) is 18.7. The average molecular weight is 496 g/mol. The fraction of sp³-hybridized carbons (Fsp3) is 0.421. The average Bonchev–Trinajstić information content (AvgIpc) is 3.17. The minimum atomic E-state index is -5.42. The predicted octanol–water partition coefficient (Wildman–Crippen LogP) is 2.33. The number of rotatable bonds is 5. The first-order chi connectivity index (χ1) is 14.7. The maximum atomic E-state index is 13.4. The van der Waals surface area contributed by atoms with E-state index in [2.05, 4.69) is 0 Å². The number of aryl methyl sites for hydroxylation is 1. The van der Waals surface area contributed by atoms with Crippen LogP contribution in [0.4, 0.5) is 23.2 Å². The topological polar surface area (TPSA) is 104 Å². The van der Waals surface area contributed by atoms with E-state index in [-0.39, 0.29) is 36.8 Å². The van der Waals surface area contributed by atoms with Crippen molar-refractivity contribution < 1.29 is 35.9 Å². The van der Waals surface area contributed by atoms with E-state index in [0.717, 1.165) is 22.1 Å². The second kappa shape index (κ2) is 8.28. The Balaban J connectivity index is 1.86. The number of carbonyl (C=O) groups is 1. The molecule has 1 aromatic heterocycles. The highest BCUT2D eigenvalue weighted by Gasteiger charge is 2.61. The Morgan fingerprint density at radius 2 is 1.88 bits per heavy atom. The summed E-state index contributed by atoms with van der Waals surface area (Å²) in [6.07, 6.45) is -5.42. The quantitative estimate of drug-likeness (QED) is 0.620. The lowest BCUT2D eigenvalue weighted by Gasteiger charge is -2.40. The molecule has 2 heterocycles. The number of primary amides is 1. The van der Waals surface area contributed by atoms with E-state index < -0.39 is 42.8 Å². The van der Waals surface area contributed by atoms with E-state index in [0.29, 0.717) is 5.56 Å². The third-order valence-corrected chi connectivity index (χ3v) is 9.01. The number of hydrogen-bond acceptors (Lipinski definition) is 6. The van der Waals surface area contributed by atoms with Gasteiger partial charge in [-0.15, -0.1) is 11.3 Å². The number of nitrogens with two attached hydrogens (primary N) is 1. The highest BCUT2D eigenvalue weighted by atomic mass is 32.2. The first kappa shape index (κ1) is 24.4. The van der Waals surface area contributed by atoms with Gasteiger partial charge in [0.2, 0.25) is 0 Å². The third-order valence-electron chi connectivity index (χ3n) is 5.33. The van der Waals surface area contributed by atoms with Gasteiger partial charge in [-0.05, 0) is 49.7 Å². The van der Waals surface area contributed by atoms with E-state index in [4.69, 9.17) is 5.73 Å². The van der Waals surface area contributed by atoms with E-state index in [1.165, 1.54) is 12.1 Å². The third kappa shape index (κ3) is 4.09. The van der Waals surface area contributed by atoms with Gasteiger partial charge in [0.1, 0.15) is 10.0 Å². The molecule has 0 saturated carbocycles. The molecule has 3 N–H and O–H groups in total. The number of sulfonamides is 1. The summed E-state index contributed by atoms with van der Waals surface area (Å²) in [5, 5.41) is 9.91. The van der Waals surface area contributed by atoms with Crippen molar-refractivity contribution in [2.75, 3.05) is 24.5 Å². The number of nitrogens with zero attached hydrogens (tertiary/aromatic N) is 2.